The molecule has 2 nitrogen and oxygen atoms in total. The molecule has 0 amide bonds. The molecule has 1 aromatic carbocycles. The quantitative estimate of drug-likeness (QED) is 0.602. The number of benzene rings is 1. The SMILES string of the molecule is c1ccc2c(c1)Nc1ccncc1S2. The molecule has 2 aromatic rings. The molecule has 0 spiro atoms. The molecule has 3 heteroatoms. The summed E-state index contributed by atoms with van der Waals surface area (Å²) in [5.74, 6) is 0. The maximum atomic E-state index is 4.11. The standard InChI is InChI=1S/C11H8N2S/c1-2-4-10-8(3-1)13-9-5-6-12-7-11(9)14-10/h1-7,13H. The van der Waals surface area contributed by atoms with Crippen LogP contribution in [0.25, 0.3) is 0 Å². The minimum atomic E-state index is 1.14. The minimum absolute atomic E-state index is 1.14. The van der Waals surface area contributed by atoms with Gasteiger partial charge < -0.3 is 5.32 Å². The van der Waals surface area contributed by atoms with E-state index < -0.39 is 0 Å². The first kappa shape index (κ1) is 7.88. The van der Waals surface area contributed by atoms with Gasteiger partial charge in [-0.25, -0.2) is 0 Å². The number of hydrogen-bond donors (Lipinski definition) is 1. The zero-order valence-electron chi connectivity index (χ0n) is 7.40. The normalized spacial score (nSPS) is 12.6. The molecule has 1 aromatic heterocycles. The Bertz CT molecular complexity index is 395. The molecule has 3 rings (SSSR count). The molecule has 0 atom stereocenters. The maximum absolute atomic E-state index is 4.11. The van der Waals surface area contributed by atoms with Crippen molar-refractivity contribution in [3.63, 3.8) is 0 Å². The van der Waals surface area contributed by atoms with Gasteiger partial charge in [-0.3, -0.25) is 4.98 Å². The fourth-order valence-corrected chi connectivity index (χ4v) is 2.44. The van der Waals surface area contributed by atoms with E-state index in [4.69, 9.17) is 0 Å². The van der Waals surface area contributed by atoms with Crippen LogP contribution in [0.2, 0.25) is 0 Å². The third-order valence-corrected chi connectivity index (χ3v) is 3.28. The smallest absolute Gasteiger partial charge is 0.0557 e. The molecule has 68 valence electrons. The fourth-order valence-electron chi connectivity index (χ4n) is 1.49. The largest absolute Gasteiger partial charge is 0.354 e. The summed E-state index contributed by atoms with van der Waals surface area (Å²) in [4.78, 5) is 6.55. The van der Waals surface area contributed by atoms with Crippen LogP contribution in [0, 0.1) is 0 Å². The zero-order chi connectivity index (χ0) is 9.38. The molecule has 0 fully saturated rings. The highest BCUT2D eigenvalue weighted by Gasteiger charge is 2.13. The first-order valence-electron chi connectivity index (χ1n) is 4.41. The number of anilines is 2. The van der Waals surface area contributed by atoms with Gasteiger partial charge in [0.1, 0.15) is 0 Å². The second kappa shape index (κ2) is 3.03. The summed E-state index contributed by atoms with van der Waals surface area (Å²) in [7, 11) is 0. The van der Waals surface area contributed by atoms with Crippen LogP contribution >= 0.6 is 11.8 Å². The predicted octanol–water partition coefficient (Wildman–Crippen LogP) is 3.29. The molecule has 14 heavy (non-hydrogen) atoms. The molecule has 0 bridgehead atoms. The Labute approximate surface area is 86.4 Å². The molecule has 1 N–H and O–H groups in total. The predicted molar refractivity (Wildman–Crippen MR) is 58.1 cm³/mol. The van der Waals surface area contributed by atoms with Crippen LogP contribution in [-0.4, -0.2) is 4.98 Å². The highest BCUT2D eigenvalue weighted by Crippen LogP contribution is 2.42. The summed E-state index contributed by atoms with van der Waals surface area (Å²) in [5, 5.41) is 3.38. The van der Waals surface area contributed by atoms with Gasteiger partial charge in [0.2, 0.25) is 0 Å². The molecule has 0 saturated carbocycles. The van der Waals surface area contributed by atoms with Crippen LogP contribution in [0.3, 0.4) is 0 Å². The lowest BCUT2D eigenvalue weighted by Gasteiger charge is -2.19. The van der Waals surface area contributed by atoms with E-state index in [-0.39, 0.29) is 0 Å². The van der Waals surface area contributed by atoms with E-state index in [0.29, 0.717) is 0 Å². The van der Waals surface area contributed by atoms with Crippen LogP contribution < -0.4 is 5.32 Å². The Balaban J connectivity index is 2.12. The minimum Gasteiger partial charge on any atom is -0.354 e. The number of aromatic nitrogens is 1. The van der Waals surface area contributed by atoms with Crippen LogP contribution in [0.15, 0.2) is 52.5 Å². The monoisotopic (exact) mass is 200 g/mol. The van der Waals surface area contributed by atoms with E-state index in [2.05, 4.69) is 28.5 Å². The number of para-hydroxylation sites is 1. The van der Waals surface area contributed by atoms with Gasteiger partial charge in [0.25, 0.3) is 0 Å². The summed E-state index contributed by atoms with van der Waals surface area (Å²) in [6, 6.07) is 10.3. The number of rotatable bonds is 0. The average Bonchev–Trinajstić information content (AvgIpc) is 2.26. The third-order valence-electron chi connectivity index (χ3n) is 2.16. The van der Waals surface area contributed by atoms with Crippen molar-refractivity contribution in [2.24, 2.45) is 0 Å². The van der Waals surface area contributed by atoms with E-state index >= 15 is 0 Å². The molecule has 0 unspecified atom stereocenters. The average molecular weight is 200 g/mol. The summed E-state index contributed by atoms with van der Waals surface area (Å²) in [6.07, 6.45) is 3.70. The van der Waals surface area contributed by atoms with E-state index in [0.717, 1.165) is 5.69 Å². The van der Waals surface area contributed by atoms with Crippen molar-refractivity contribution in [1.82, 2.24) is 4.98 Å². The van der Waals surface area contributed by atoms with E-state index in [1.165, 1.54) is 15.5 Å². The molecule has 1 aliphatic rings. The van der Waals surface area contributed by atoms with Crippen LogP contribution in [0.5, 0.6) is 0 Å². The highest BCUT2D eigenvalue weighted by molar-refractivity contribution is 7.99. The zero-order valence-corrected chi connectivity index (χ0v) is 8.21. The van der Waals surface area contributed by atoms with Crippen molar-refractivity contribution >= 4 is 23.1 Å². The molecule has 0 aliphatic carbocycles. The summed E-state index contributed by atoms with van der Waals surface area (Å²) < 4.78 is 0. The number of nitrogens with zero attached hydrogens (tertiary/aromatic N) is 1. The number of hydrogen-bond acceptors (Lipinski definition) is 3. The third kappa shape index (κ3) is 1.17. The molecular weight excluding hydrogens is 192 g/mol. The summed E-state index contributed by atoms with van der Waals surface area (Å²) in [6.45, 7) is 0. The number of fused-ring (bicyclic) bond motifs is 2. The van der Waals surface area contributed by atoms with Gasteiger partial charge in [-0.05, 0) is 18.2 Å². The Morgan fingerprint density at radius 2 is 1.86 bits per heavy atom. The van der Waals surface area contributed by atoms with Gasteiger partial charge in [-0.2, -0.15) is 0 Å². The Morgan fingerprint density at radius 1 is 1.00 bits per heavy atom. The highest BCUT2D eigenvalue weighted by atomic mass is 32.2. The van der Waals surface area contributed by atoms with Crippen LogP contribution in [-0.2, 0) is 0 Å². The molecular formula is C11H8N2S. The van der Waals surface area contributed by atoms with Crippen molar-refractivity contribution < 1.29 is 0 Å². The van der Waals surface area contributed by atoms with E-state index in [9.17, 15) is 0 Å². The lowest BCUT2D eigenvalue weighted by Crippen LogP contribution is -1.99. The molecule has 2 heterocycles. The molecule has 0 saturated heterocycles. The second-order valence-electron chi connectivity index (χ2n) is 3.10. The summed E-state index contributed by atoms with van der Waals surface area (Å²) >= 11 is 1.76. The van der Waals surface area contributed by atoms with Crippen molar-refractivity contribution in [2.75, 3.05) is 5.32 Å². The van der Waals surface area contributed by atoms with Crippen molar-refractivity contribution in [3.05, 3.63) is 42.7 Å². The first-order valence-corrected chi connectivity index (χ1v) is 5.23. The van der Waals surface area contributed by atoms with Crippen LogP contribution in [0.1, 0.15) is 0 Å². The fraction of sp³-hybridized carbons (Fsp3) is 0. The van der Waals surface area contributed by atoms with Gasteiger partial charge in [0.15, 0.2) is 0 Å². The van der Waals surface area contributed by atoms with E-state index in [1.54, 1.807) is 18.0 Å². The Hall–Kier alpha value is -1.48. The van der Waals surface area contributed by atoms with Crippen molar-refractivity contribution in [3.8, 4) is 0 Å². The lowest BCUT2D eigenvalue weighted by molar-refractivity contribution is 1.21. The van der Waals surface area contributed by atoms with Gasteiger partial charge in [0, 0.05) is 17.3 Å². The number of pyridine rings is 1. The van der Waals surface area contributed by atoms with Crippen molar-refractivity contribution in [1.29, 1.82) is 0 Å². The Kier molecular flexibility index (Phi) is 1.70. The van der Waals surface area contributed by atoms with Gasteiger partial charge in [0.05, 0.1) is 16.3 Å². The lowest BCUT2D eigenvalue weighted by atomic mass is 10.3. The van der Waals surface area contributed by atoms with Crippen molar-refractivity contribution in [2.45, 2.75) is 9.79 Å². The van der Waals surface area contributed by atoms with Crippen LogP contribution in [0.4, 0.5) is 11.4 Å². The van der Waals surface area contributed by atoms with E-state index in [1.807, 2.05) is 18.3 Å². The summed E-state index contributed by atoms with van der Waals surface area (Å²) in [5.41, 5.74) is 2.32. The Morgan fingerprint density at radius 3 is 2.86 bits per heavy atom. The molecule has 1 aliphatic heterocycles. The van der Waals surface area contributed by atoms with Gasteiger partial charge in [-0.1, -0.05) is 23.9 Å². The maximum Gasteiger partial charge on any atom is 0.0557 e. The molecule has 0 radical (unpaired) electrons. The topological polar surface area (TPSA) is 24.9 Å². The first-order chi connectivity index (χ1) is 6.93. The van der Waals surface area contributed by atoms with Gasteiger partial charge >= 0.3 is 0 Å². The number of nitrogens with one attached hydrogen (secondary N) is 1. The van der Waals surface area contributed by atoms with Gasteiger partial charge in [-0.15, -0.1) is 0 Å². The second-order valence-corrected chi connectivity index (χ2v) is 4.18.